The first kappa shape index (κ1) is 16.5. The highest BCUT2D eigenvalue weighted by atomic mass is 32.2. The molecule has 0 aliphatic carbocycles. The first-order valence-corrected chi connectivity index (χ1v) is 7.37. The molecule has 0 saturated heterocycles. The minimum atomic E-state index is -4.02. The Bertz CT molecular complexity index is 611. The van der Waals surface area contributed by atoms with Crippen LogP contribution >= 0.6 is 0 Å². The molecule has 1 aromatic rings. The fourth-order valence-electron chi connectivity index (χ4n) is 1.58. The average molecular weight is 305 g/mol. The highest BCUT2D eigenvalue weighted by Gasteiger charge is 2.23. The number of nitrogens with one attached hydrogen (secondary N) is 1. The summed E-state index contributed by atoms with van der Waals surface area (Å²) in [6.45, 7) is 2.58. The summed E-state index contributed by atoms with van der Waals surface area (Å²) in [5.74, 6) is -2.51. The zero-order valence-corrected chi connectivity index (χ0v) is 11.9. The second-order valence-corrected chi connectivity index (χ2v) is 6.03. The molecule has 0 aliphatic rings. The SMILES string of the molecule is CC[C@H](CO)NS(=O)(=O)c1cc(C)c(F)c(C(=O)O)c1. The molecule has 1 rings (SSSR count). The van der Waals surface area contributed by atoms with Crippen molar-refractivity contribution in [3.63, 3.8) is 0 Å². The number of rotatable bonds is 6. The zero-order valence-electron chi connectivity index (χ0n) is 11.1. The molecular formula is C12H16FNO5S. The van der Waals surface area contributed by atoms with E-state index in [0.717, 1.165) is 12.1 Å². The number of aromatic carboxylic acids is 1. The number of sulfonamides is 1. The molecule has 0 bridgehead atoms. The maximum absolute atomic E-state index is 13.6. The van der Waals surface area contributed by atoms with Crippen LogP contribution in [0.25, 0.3) is 0 Å². The molecule has 0 fully saturated rings. The van der Waals surface area contributed by atoms with Crippen molar-refractivity contribution < 1.29 is 27.8 Å². The largest absolute Gasteiger partial charge is 0.478 e. The summed E-state index contributed by atoms with van der Waals surface area (Å²) in [5.41, 5.74) is -0.787. The van der Waals surface area contributed by atoms with Gasteiger partial charge in [0.25, 0.3) is 0 Å². The number of halogens is 1. The highest BCUT2D eigenvalue weighted by Crippen LogP contribution is 2.19. The lowest BCUT2D eigenvalue weighted by Gasteiger charge is -2.15. The van der Waals surface area contributed by atoms with Gasteiger partial charge >= 0.3 is 5.97 Å². The van der Waals surface area contributed by atoms with Crippen LogP contribution in [-0.4, -0.2) is 37.2 Å². The first-order valence-electron chi connectivity index (χ1n) is 5.89. The van der Waals surface area contributed by atoms with Crippen LogP contribution in [0, 0.1) is 12.7 Å². The Morgan fingerprint density at radius 2 is 2.05 bits per heavy atom. The normalized spacial score (nSPS) is 13.2. The lowest BCUT2D eigenvalue weighted by molar-refractivity contribution is 0.0691. The van der Waals surface area contributed by atoms with Crippen molar-refractivity contribution in [1.82, 2.24) is 4.72 Å². The predicted molar refractivity (Wildman–Crippen MR) is 69.6 cm³/mol. The highest BCUT2D eigenvalue weighted by molar-refractivity contribution is 7.89. The van der Waals surface area contributed by atoms with Crippen molar-refractivity contribution in [2.75, 3.05) is 6.61 Å². The molecule has 1 aromatic carbocycles. The Morgan fingerprint density at radius 3 is 2.50 bits per heavy atom. The fourth-order valence-corrected chi connectivity index (χ4v) is 3.01. The molecule has 1 atom stereocenters. The first-order chi connectivity index (χ1) is 9.22. The van der Waals surface area contributed by atoms with E-state index in [1.165, 1.54) is 6.92 Å². The molecule has 112 valence electrons. The number of aliphatic hydroxyl groups is 1. The van der Waals surface area contributed by atoms with Crippen LogP contribution in [0.2, 0.25) is 0 Å². The van der Waals surface area contributed by atoms with Crippen LogP contribution in [0.5, 0.6) is 0 Å². The molecule has 0 amide bonds. The van der Waals surface area contributed by atoms with Crippen LogP contribution in [0.15, 0.2) is 17.0 Å². The number of benzene rings is 1. The number of carboxylic acid groups (broad SMARTS) is 1. The van der Waals surface area contributed by atoms with Crippen LogP contribution in [0.4, 0.5) is 4.39 Å². The van der Waals surface area contributed by atoms with E-state index in [-0.39, 0.29) is 17.1 Å². The maximum Gasteiger partial charge on any atom is 0.338 e. The minimum absolute atomic E-state index is 0.0812. The number of carbonyl (C=O) groups is 1. The van der Waals surface area contributed by atoms with E-state index in [0.29, 0.717) is 6.42 Å². The lowest BCUT2D eigenvalue weighted by atomic mass is 10.1. The van der Waals surface area contributed by atoms with Gasteiger partial charge in [-0.15, -0.1) is 0 Å². The monoisotopic (exact) mass is 305 g/mol. The second-order valence-electron chi connectivity index (χ2n) is 4.32. The third-order valence-corrected chi connectivity index (χ3v) is 4.30. The van der Waals surface area contributed by atoms with Crippen molar-refractivity contribution in [1.29, 1.82) is 0 Å². The van der Waals surface area contributed by atoms with Crippen LogP contribution < -0.4 is 4.72 Å². The average Bonchev–Trinajstić information content (AvgIpc) is 2.38. The van der Waals surface area contributed by atoms with E-state index in [1.807, 2.05) is 0 Å². The van der Waals surface area contributed by atoms with Crippen molar-refractivity contribution in [3.8, 4) is 0 Å². The van der Waals surface area contributed by atoms with Gasteiger partial charge in [-0.05, 0) is 31.0 Å². The molecule has 20 heavy (non-hydrogen) atoms. The van der Waals surface area contributed by atoms with Gasteiger partial charge in [0, 0.05) is 6.04 Å². The molecule has 0 spiro atoms. The predicted octanol–water partition coefficient (Wildman–Crippen LogP) is 0.882. The minimum Gasteiger partial charge on any atom is -0.478 e. The summed E-state index contributed by atoms with van der Waals surface area (Å²) in [4.78, 5) is 10.5. The quantitative estimate of drug-likeness (QED) is 0.724. The Labute approximate surface area is 116 Å². The van der Waals surface area contributed by atoms with Gasteiger partial charge in [0.1, 0.15) is 5.82 Å². The molecule has 0 heterocycles. The van der Waals surface area contributed by atoms with Gasteiger partial charge in [0.2, 0.25) is 10.0 Å². The number of aryl methyl sites for hydroxylation is 1. The fraction of sp³-hybridized carbons (Fsp3) is 0.417. The Morgan fingerprint density at radius 1 is 1.45 bits per heavy atom. The van der Waals surface area contributed by atoms with Crippen LogP contribution in [0.1, 0.15) is 29.3 Å². The smallest absolute Gasteiger partial charge is 0.338 e. The molecular weight excluding hydrogens is 289 g/mol. The third kappa shape index (κ3) is 3.53. The third-order valence-electron chi connectivity index (χ3n) is 2.80. The van der Waals surface area contributed by atoms with E-state index in [4.69, 9.17) is 10.2 Å². The lowest BCUT2D eigenvalue weighted by Crippen LogP contribution is -2.37. The zero-order chi connectivity index (χ0) is 15.5. The van der Waals surface area contributed by atoms with Gasteiger partial charge in [0.15, 0.2) is 0 Å². The maximum atomic E-state index is 13.6. The van der Waals surface area contributed by atoms with Crippen molar-refractivity contribution in [2.45, 2.75) is 31.2 Å². The molecule has 0 aromatic heterocycles. The molecule has 3 N–H and O–H groups in total. The molecule has 6 nitrogen and oxygen atoms in total. The van der Waals surface area contributed by atoms with Gasteiger partial charge in [-0.25, -0.2) is 22.3 Å². The molecule has 0 radical (unpaired) electrons. The Balaban J connectivity index is 3.29. The van der Waals surface area contributed by atoms with Gasteiger partial charge in [-0.2, -0.15) is 0 Å². The molecule has 0 unspecified atom stereocenters. The topological polar surface area (TPSA) is 104 Å². The van der Waals surface area contributed by atoms with Crippen LogP contribution in [-0.2, 0) is 10.0 Å². The van der Waals surface area contributed by atoms with Gasteiger partial charge in [-0.3, -0.25) is 0 Å². The van der Waals surface area contributed by atoms with E-state index in [9.17, 15) is 17.6 Å². The Hall–Kier alpha value is -1.51. The van der Waals surface area contributed by atoms with Crippen molar-refractivity contribution in [3.05, 3.63) is 29.1 Å². The number of aliphatic hydroxyl groups excluding tert-OH is 1. The summed E-state index contributed by atoms with van der Waals surface area (Å²) in [6, 6.07) is 1.13. The second kappa shape index (κ2) is 6.29. The number of hydrogen-bond donors (Lipinski definition) is 3. The van der Waals surface area contributed by atoms with Gasteiger partial charge < -0.3 is 10.2 Å². The summed E-state index contributed by atoms with van der Waals surface area (Å²) in [5, 5.41) is 17.9. The van der Waals surface area contributed by atoms with Crippen molar-refractivity contribution >= 4 is 16.0 Å². The van der Waals surface area contributed by atoms with E-state index in [1.54, 1.807) is 6.92 Å². The van der Waals surface area contributed by atoms with E-state index >= 15 is 0 Å². The van der Waals surface area contributed by atoms with Crippen LogP contribution in [0.3, 0.4) is 0 Å². The van der Waals surface area contributed by atoms with E-state index in [2.05, 4.69) is 4.72 Å². The van der Waals surface area contributed by atoms with E-state index < -0.39 is 33.4 Å². The summed E-state index contributed by atoms with van der Waals surface area (Å²) in [6.07, 6.45) is 0.363. The summed E-state index contributed by atoms with van der Waals surface area (Å²) >= 11 is 0. The summed E-state index contributed by atoms with van der Waals surface area (Å²) in [7, 11) is -4.02. The molecule has 8 heteroatoms. The van der Waals surface area contributed by atoms with Gasteiger partial charge in [0.05, 0.1) is 17.1 Å². The van der Waals surface area contributed by atoms with Gasteiger partial charge in [-0.1, -0.05) is 6.92 Å². The molecule has 0 aliphatic heterocycles. The standard InChI is InChI=1S/C12H16FNO5S/c1-3-8(6-15)14-20(18,19)9-4-7(2)11(13)10(5-9)12(16)17/h4-5,8,14-15H,3,6H2,1-2H3,(H,16,17)/t8-/m1/s1. The Kier molecular flexibility index (Phi) is 5.21. The number of hydrogen-bond acceptors (Lipinski definition) is 4. The molecule has 0 saturated carbocycles. The van der Waals surface area contributed by atoms with Crippen molar-refractivity contribution in [2.24, 2.45) is 0 Å². The summed E-state index contributed by atoms with van der Waals surface area (Å²) < 4.78 is 39.9. The number of carboxylic acids is 1.